The third-order valence-corrected chi connectivity index (χ3v) is 4.23. The fourth-order valence-electron chi connectivity index (χ4n) is 2.91. The van der Waals surface area contributed by atoms with Gasteiger partial charge in [-0.05, 0) is 30.4 Å². The molecule has 2 heterocycles. The lowest BCUT2D eigenvalue weighted by molar-refractivity contribution is 0.645. The Kier molecular flexibility index (Phi) is 2.94. The Hall–Kier alpha value is -1.22. The average Bonchev–Trinajstić information content (AvgIpc) is 2.93. The van der Waals surface area contributed by atoms with E-state index in [-0.39, 0.29) is 0 Å². The van der Waals surface area contributed by atoms with Crippen molar-refractivity contribution in [3.05, 3.63) is 22.7 Å². The molecular weight excluding hydrogens is 246 g/mol. The van der Waals surface area contributed by atoms with Gasteiger partial charge in [-0.1, -0.05) is 31.5 Å². The zero-order chi connectivity index (χ0) is 12.7. The summed E-state index contributed by atoms with van der Waals surface area (Å²) in [5.41, 5.74) is 3.52. The minimum Gasteiger partial charge on any atom is -0.354 e. The summed E-state index contributed by atoms with van der Waals surface area (Å²) in [5, 5.41) is 4.12. The molecular formula is C14H18ClN3. The largest absolute Gasteiger partial charge is 0.354 e. The van der Waals surface area contributed by atoms with Crippen molar-refractivity contribution in [1.29, 1.82) is 0 Å². The Labute approximate surface area is 112 Å². The van der Waals surface area contributed by atoms with Gasteiger partial charge >= 0.3 is 0 Å². The topological polar surface area (TPSA) is 29.9 Å². The van der Waals surface area contributed by atoms with Crippen LogP contribution in [0.2, 0.25) is 5.02 Å². The Morgan fingerprint density at radius 2 is 2.17 bits per heavy atom. The van der Waals surface area contributed by atoms with Gasteiger partial charge < -0.3 is 9.88 Å². The molecule has 1 aromatic heterocycles. The molecule has 0 bridgehead atoms. The third kappa shape index (κ3) is 1.61. The summed E-state index contributed by atoms with van der Waals surface area (Å²) < 4.78 is 2.20. The number of hydrogen-bond acceptors (Lipinski definition) is 2. The van der Waals surface area contributed by atoms with Crippen LogP contribution in [0.15, 0.2) is 12.1 Å². The van der Waals surface area contributed by atoms with Gasteiger partial charge in [-0.25, -0.2) is 4.98 Å². The lowest BCUT2D eigenvalue weighted by Gasteiger charge is -2.14. The summed E-state index contributed by atoms with van der Waals surface area (Å²) in [6, 6.07) is 4.16. The first-order valence-electron chi connectivity index (χ1n) is 6.68. The Morgan fingerprint density at radius 1 is 1.39 bits per heavy atom. The number of halogens is 1. The second-order valence-electron chi connectivity index (χ2n) is 4.86. The highest BCUT2D eigenvalue weighted by Gasteiger charge is 2.22. The van der Waals surface area contributed by atoms with Crippen LogP contribution in [0.25, 0.3) is 11.0 Å². The lowest BCUT2D eigenvalue weighted by Crippen LogP contribution is -2.00. The standard InChI is InChI=1S/C14H18ClN3/c1-3-9(4-2)10-5-6-11(15)13-12(10)17-14-16-7-8-18(13)14/h5-6,9H,3-4,7-8H2,1-2H3,(H,16,17). The molecule has 4 heteroatoms. The molecule has 1 aliphatic heterocycles. The predicted octanol–water partition coefficient (Wildman–Crippen LogP) is 4.02. The molecule has 96 valence electrons. The molecule has 0 unspecified atom stereocenters. The number of hydrogen-bond donors (Lipinski definition) is 1. The number of benzene rings is 1. The minimum atomic E-state index is 0.570. The molecule has 1 N–H and O–H groups in total. The second-order valence-corrected chi connectivity index (χ2v) is 5.27. The van der Waals surface area contributed by atoms with Crippen LogP contribution >= 0.6 is 11.6 Å². The third-order valence-electron chi connectivity index (χ3n) is 3.92. The molecule has 0 saturated heterocycles. The predicted molar refractivity (Wildman–Crippen MR) is 76.6 cm³/mol. The van der Waals surface area contributed by atoms with Crippen LogP contribution in [-0.2, 0) is 6.54 Å². The molecule has 0 radical (unpaired) electrons. The van der Waals surface area contributed by atoms with Crippen LogP contribution in [0.5, 0.6) is 0 Å². The molecule has 0 fully saturated rings. The minimum absolute atomic E-state index is 0.570. The smallest absolute Gasteiger partial charge is 0.204 e. The van der Waals surface area contributed by atoms with E-state index in [4.69, 9.17) is 16.6 Å². The second kappa shape index (κ2) is 4.47. The first-order chi connectivity index (χ1) is 8.76. The van der Waals surface area contributed by atoms with Crippen molar-refractivity contribution >= 4 is 28.6 Å². The SMILES string of the molecule is CCC(CC)c1ccc(Cl)c2c1nc1n2CCN1. The molecule has 0 amide bonds. The number of fused-ring (bicyclic) bond motifs is 3. The van der Waals surface area contributed by atoms with E-state index >= 15 is 0 Å². The van der Waals surface area contributed by atoms with Gasteiger partial charge in [0.05, 0.1) is 16.1 Å². The molecule has 0 atom stereocenters. The maximum absolute atomic E-state index is 6.36. The number of nitrogens with one attached hydrogen (secondary N) is 1. The van der Waals surface area contributed by atoms with Gasteiger partial charge in [0.25, 0.3) is 0 Å². The average molecular weight is 264 g/mol. The summed E-state index contributed by atoms with van der Waals surface area (Å²) in [6.45, 7) is 6.37. The molecule has 2 aromatic rings. The van der Waals surface area contributed by atoms with Gasteiger partial charge in [-0.3, -0.25) is 0 Å². The highest BCUT2D eigenvalue weighted by atomic mass is 35.5. The highest BCUT2D eigenvalue weighted by Crippen LogP contribution is 2.36. The number of nitrogens with zero attached hydrogens (tertiary/aromatic N) is 2. The van der Waals surface area contributed by atoms with E-state index in [0.717, 1.165) is 47.9 Å². The molecule has 3 rings (SSSR count). The first kappa shape index (κ1) is 11.8. The van der Waals surface area contributed by atoms with Crippen LogP contribution in [0.4, 0.5) is 5.95 Å². The van der Waals surface area contributed by atoms with Gasteiger partial charge in [0.15, 0.2) is 0 Å². The summed E-state index contributed by atoms with van der Waals surface area (Å²) in [4.78, 5) is 4.74. The van der Waals surface area contributed by atoms with Crippen molar-refractivity contribution in [1.82, 2.24) is 9.55 Å². The maximum Gasteiger partial charge on any atom is 0.204 e. The van der Waals surface area contributed by atoms with Gasteiger partial charge in [-0.2, -0.15) is 0 Å². The van der Waals surface area contributed by atoms with Gasteiger partial charge in [0.1, 0.15) is 0 Å². The Balaban J connectivity index is 2.26. The molecule has 0 aliphatic carbocycles. The molecule has 18 heavy (non-hydrogen) atoms. The zero-order valence-electron chi connectivity index (χ0n) is 10.8. The Bertz CT molecular complexity index is 584. The molecule has 1 aromatic carbocycles. The fourth-order valence-corrected chi connectivity index (χ4v) is 3.16. The van der Waals surface area contributed by atoms with Gasteiger partial charge in [0, 0.05) is 13.1 Å². The van der Waals surface area contributed by atoms with Crippen LogP contribution in [-0.4, -0.2) is 16.1 Å². The van der Waals surface area contributed by atoms with E-state index in [2.05, 4.69) is 29.8 Å². The van der Waals surface area contributed by atoms with Crippen molar-refractivity contribution in [2.75, 3.05) is 11.9 Å². The molecule has 0 spiro atoms. The lowest BCUT2D eigenvalue weighted by atomic mass is 9.93. The van der Waals surface area contributed by atoms with E-state index in [1.54, 1.807) is 0 Å². The van der Waals surface area contributed by atoms with Gasteiger partial charge in [0.2, 0.25) is 5.95 Å². The summed E-state index contributed by atoms with van der Waals surface area (Å²) in [6.07, 6.45) is 2.28. The van der Waals surface area contributed by atoms with Crippen LogP contribution in [0.1, 0.15) is 38.2 Å². The van der Waals surface area contributed by atoms with Crippen LogP contribution in [0, 0.1) is 0 Å². The van der Waals surface area contributed by atoms with E-state index in [9.17, 15) is 0 Å². The highest BCUT2D eigenvalue weighted by molar-refractivity contribution is 6.35. The molecule has 1 aliphatic rings. The summed E-state index contributed by atoms with van der Waals surface area (Å²) in [5.74, 6) is 1.53. The van der Waals surface area contributed by atoms with Crippen LogP contribution in [0.3, 0.4) is 0 Å². The molecule has 0 saturated carbocycles. The fraction of sp³-hybridized carbons (Fsp3) is 0.500. The van der Waals surface area contributed by atoms with Crippen LogP contribution < -0.4 is 5.32 Å². The number of aromatic nitrogens is 2. The number of imidazole rings is 1. The zero-order valence-corrected chi connectivity index (χ0v) is 11.6. The number of anilines is 1. The van der Waals surface area contributed by atoms with Gasteiger partial charge in [-0.15, -0.1) is 0 Å². The van der Waals surface area contributed by atoms with Crippen molar-refractivity contribution in [2.45, 2.75) is 39.2 Å². The van der Waals surface area contributed by atoms with E-state index in [1.165, 1.54) is 5.56 Å². The molecule has 3 nitrogen and oxygen atoms in total. The van der Waals surface area contributed by atoms with E-state index in [1.807, 2.05) is 6.07 Å². The summed E-state index contributed by atoms with van der Waals surface area (Å²) >= 11 is 6.36. The van der Waals surface area contributed by atoms with E-state index < -0.39 is 0 Å². The van der Waals surface area contributed by atoms with Crippen molar-refractivity contribution in [3.8, 4) is 0 Å². The summed E-state index contributed by atoms with van der Waals surface area (Å²) in [7, 11) is 0. The normalized spacial score (nSPS) is 14.2. The quantitative estimate of drug-likeness (QED) is 0.907. The van der Waals surface area contributed by atoms with Crippen molar-refractivity contribution in [2.24, 2.45) is 0 Å². The monoisotopic (exact) mass is 263 g/mol. The van der Waals surface area contributed by atoms with Crippen molar-refractivity contribution < 1.29 is 0 Å². The first-order valence-corrected chi connectivity index (χ1v) is 7.06. The maximum atomic E-state index is 6.36. The van der Waals surface area contributed by atoms with Crippen molar-refractivity contribution in [3.63, 3.8) is 0 Å². The number of rotatable bonds is 3. The Morgan fingerprint density at radius 3 is 2.89 bits per heavy atom. The van der Waals surface area contributed by atoms with E-state index in [0.29, 0.717) is 5.92 Å².